The number of benzene rings is 1. The molecule has 0 amide bonds. The lowest BCUT2D eigenvalue weighted by Crippen LogP contribution is -2.01. The highest BCUT2D eigenvalue weighted by Crippen LogP contribution is 2.23. The molecule has 0 aliphatic rings. The van der Waals surface area contributed by atoms with Crippen molar-refractivity contribution in [1.82, 2.24) is 15.0 Å². The fourth-order valence-corrected chi connectivity index (χ4v) is 2.28. The highest BCUT2D eigenvalue weighted by molar-refractivity contribution is 6.31. The number of aryl methyl sites for hydroxylation is 1. The summed E-state index contributed by atoms with van der Waals surface area (Å²) in [6, 6.07) is 6.76. The first kappa shape index (κ1) is 13.8. The summed E-state index contributed by atoms with van der Waals surface area (Å²) in [5.41, 5.74) is 1.55. The third-order valence-electron chi connectivity index (χ3n) is 2.79. The van der Waals surface area contributed by atoms with E-state index in [0.29, 0.717) is 11.3 Å². The molecule has 8 heteroatoms. The molecule has 6 nitrogen and oxygen atoms in total. The maximum Gasteiger partial charge on any atom is 0.336 e. The van der Waals surface area contributed by atoms with Gasteiger partial charge in [0.1, 0.15) is 5.58 Å². The Hall–Kier alpha value is -2.18. The van der Waals surface area contributed by atoms with Gasteiger partial charge in [-0.2, -0.15) is 15.0 Å². The summed E-state index contributed by atoms with van der Waals surface area (Å²) in [5.74, 6) is 0.203. The molecule has 2 heterocycles. The van der Waals surface area contributed by atoms with Gasteiger partial charge >= 0.3 is 5.63 Å². The maximum atomic E-state index is 11.4. The van der Waals surface area contributed by atoms with Crippen LogP contribution in [0.3, 0.4) is 0 Å². The van der Waals surface area contributed by atoms with E-state index in [1.165, 1.54) is 6.07 Å². The second kappa shape index (κ2) is 5.31. The van der Waals surface area contributed by atoms with E-state index in [9.17, 15) is 4.79 Å². The van der Waals surface area contributed by atoms with Gasteiger partial charge in [-0.3, -0.25) is 0 Å². The van der Waals surface area contributed by atoms with Crippen molar-refractivity contribution in [2.24, 2.45) is 0 Å². The molecule has 0 saturated heterocycles. The first-order valence-electron chi connectivity index (χ1n) is 5.90. The Morgan fingerprint density at radius 2 is 1.81 bits per heavy atom. The average Bonchev–Trinajstić information content (AvgIpc) is 2.36. The second-order valence-corrected chi connectivity index (χ2v) is 4.96. The fourth-order valence-electron chi connectivity index (χ4n) is 1.91. The van der Waals surface area contributed by atoms with Crippen LogP contribution < -0.4 is 10.9 Å². The molecule has 0 spiro atoms. The molecule has 3 rings (SSSR count). The SMILES string of the molecule is Cc1cc(=O)oc2cc(Nc3nc(Cl)nc(Cl)n3)ccc12. The zero-order valence-corrected chi connectivity index (χ0v) is 12.2. The van der Waals surface area contributed by atoms with E-state index < -0.39 is 5.63 Å². The van der Waals surface area contributed by atoms with Crippen LogP contribution in [-0.2, 0) is 0 Å². The Labute approximate surface area is 128 Å². The Balaban J connectivity index is 2.03. The molecule has 1 N–H and O–H groups in total. The molecule has 0 aliphatic carbocycles. The molecule has 3 aromatic rings. The fraction of sp³-hybridized carbons (Fsp3) is 0.0769. The van der Waals surface area contributed by atoms with E-state index in [-0.39, 0.29) is 16.5 Å². The Kier molecular flexibility index (Phi) is 3.48. The van der Waals surface area contributed by atoms with Crippen molar-refractivity contribution in [3.8, 4) is 0 Å². The van der Waals surface area contributed by atoms with Crippen LogP contribution in [0.5, 0.6) is 0 Å². The number of anilines is 2. The van der Waals surface area contributed by atoms with Crippen molar-refractivity contribution in [2.75, 3.05) is 5.32 Å². The number of rotatable bonds is 2. The summed E-state index contributed by atoms with van der Waals surface area (Å²) >= 11 is 11.4. The average molecular weight is 323 g/mol. The van der Waals surface area contributed by atoms with Gasteiger partial charge in [0.2, 0.25) is 16.5 Å². The second-order valence-electron chi connectivity index (χ2n) is 4.28. The molecule has 106 valence electrons. The van der Waals surface area contributed by atoms with Crippen molar-refractivity contribution < 1.29 is 4.42 Å². The molecule has 0 fully saturated rings. The lowest BCUT2D eigenvalue weighted by molar-refractivity contribution is 0.560. The van der Waals surface area contributed by atoms with E-state index >= 15 is 0 Å². The lowest BCUT2D eigenvalue weighted by atomic mass is 10.1. The molecule has 0 saturated carbocycles. The molecule has 0 atom stereocenters. The Morgan fingerprint density at radius 3 is 2.52 bits per heavy atom. The quantitative estimate of drug-likeness (QED) is 0.729. The number of nitrogens with zero attached hydrogens (tertiary/aromatic N) is 3. The molecular formula is C13H8Cl2N4O2. The highest BCUT2D eigenvalue weighted by atomic mass is 35.5. The molecule has 0 radical (unpaired) electrons. The molecule has 1 aromatic carbocycles. The van der Waals surface area contributed by atoms with Gasteiger partial charge < -0.3 is 9.73 Å². The first-order valence-corrected chi connectivity index (χ1v) is 6.65. The summed E-state index contributed by atoms with van der Waals surface area (Å²) in [5, 5.41) is 3.75. The predicted molar refractivity (Wildman–Crippen MR) is 80.4 cm³/mol. The van der Waals surface area contributed by atoms with Crippen LogP contribution >= 0.6 is 23.2 Å². The van der Waals surface area contributed by atoms with Crippen LogP contribution in [-0.4, -0.2) is 15.0 Å². The third-order valence-corrected chi connectivity index (χ3v) is 3.13. The minimum Gasteiger partial charge on any atom is -0.423 e. The molecule has 0 unspecified atom stereocenters. The van der Waals surface area contributed by atoms with Gasteiger partial charge in [0, 0.05) is 23.2 Å². The van der Waals surface area contributed by atoms with E-state index in [1.54, 1.807) is 12.1 Å². The molecule has 21 heavy (non-hydrogen) atoms. The third kappa shape index (κ3) is 2.96. The Morgan fingerprint density at radius 1 is 1.10 bits per heavy atom. The van der Waals surface area contributed by atoms with Gasteiger partial charge in [0.05, 0.1) is 0 Å². The minimum atomic E-state index is -0.400. The van der Waals surface area contributed by atoms with Crippen LogP contribution in [0.4, 0.5) is 11.6 Å². The van der Waals surface area contributed by atoms with Crippen molar-refractivity contribution in [1.29, 1.82) is 0 Å². The minimum absolute atomic E-state index is 0.0133. The molecule has 2 aromatic heterocycles. The first-order chi connectivity index (χ1) is 10.0. The number of hydrogen-bond donors (Lipinski definition) is 1. The normalized spacial score (nSPS) is 10.8. The molecular weight excluding hydrogens is 315 g/mol. The summed E-state index contributed by atoms with van der Waals surface area (Å²) in [6.45, 7) is 1.85. The summed E-state index contributed by atoms with van der Waals surface area (Å²) in [4.78, 5) is 22.9. The van der Waals surface area contributed by atoms with Crippen LogP contribution in [0.15, 0.2) is 33.5 Å². The molecule has 0 bridgehead atoms. The summed E-state index contributed by atoms with van der Waals surface area (Å²) in [7, 11) is 0. The van der Waals surface area contributed by atoms with E-state index in [2.05, 4.69) is 20.3 Å². The van der Waals surface area contributed by atoms with Gasteiger partial charge in [0.15, 0.2) is 0 Å². The van der Waals surface area contributed by atoms with Crippen molar-refractivity contribution in [3.05, 3.63) is 50.8 Å². The lowest BCUT2D eigenvalue weighted by Gasteiger charge is -2.06. The largest absolute Gasteiger partial charge is 0.423 e. The van der Waals surface area contributed by atoms with Crippen molar-refractivity contribution in [2.45, 2.75) is 6.92 Å². The zero-order chi connectivity index (χ0) is 15.0. The van der Waals surface area contributed by atoms with E-state index in [1.807, 2.05) is 13.0 Å². The van der Waals surface area contributed by atoms with Crippen LogP contribution in [0.2, 0.25) is 10.6 Å². The van der Waals surface area contributed by atoms with Crippen LogP contribution in [0.25, 0.3) is 11.0 Å². The summed E-state index contributed by atoms with van der Waals surface area (Å²) < 4.78 is 5.17. The van der Waals surface area contributed by atoms with Gasteiger partial charge in [-0.05, 0) is 47.8 Å². The van der Waals surface area contributed by atoms with Gasteiger partial charge in [0.25, 0.3) is 0 Å². The number of fused-ring (bicyclic) bond motifs is 1. The van der Waals surface area contributed by atoms with Gasteiger partial charge in [-0.1, -0.05) is 0 Å². The van der Waals surface area contributed by atoms with Crippen LogP contribution in [0.1, 0.15) is 5.56 Å². The number of aromatic nitrogens is 3. The number of nitrogens with one attached hydrogen (secondary N) is 1. The summed E-state index contributed by atoms with van der Waals surface area (Å²) in [6.07, 6.45) is 0. The number of hydrogen-bond acceptors (Lipinski definition) is 6. The van der Waals surface area contributed by atoms with E-state index in [0.717, 1.165) is 10.9 Å². The number of halogens is 2. The molecule has 0 aliphatic heterocycles. The highest BCUT2D eigenvalue weighted by Gasteiger charge is 2.06. The van der Waals surface area contributed by atoms with Crippen molar-refractivity contribution in [3.63, 3.8) is 0 Å². The smallest absolute Gasteiger partial charge is 0.336 e. The standard InChI is InChI=1S/C13H8Cl2N4O2/c1-6-4-10(20)21-9-5-7(2-3-8(6)9)16-13-18-11(14)17-12(15)19-13/h2-5H,1H3,(H,16,17,18,19). The Bertz CT molecular complexity index is 875. The topological polar surface area (TPSA) is 80.9 Å². The van der Waals surface area contributed by atoms with Gasteiger partial charge in [-0.25, -0.2) is 4.79 Å². The zero-order valence-electron chi connectivity index (χ0n) is 10.7. The van der Waals surface area contributed by atoms with Crippen molar-refractivity contribution >= 4 is 45.8 Å². The van der Waals surface area contributed by atoms with E-state index in [4.69, 9.17) is 27.6 Å². The van der Waals surface area contributed by atoms with Crippen LogP contribution in [0, 0.1) is 6.92 Å². The predicted octanol–water partition coefficient (Wildman–Crippen LogP) is 3.34. The van der Waals surface area contributed by atoms with Gasteiger partial charge in [-0.15, -0.1) is 0 Å². The monoisotopic (exact) mass is 322 g/mol. The maximum absolute atomic E-state index is 11.4.